The second-order valence-electron chi connectivity index (χ2n) is 9.27. The number of nitrogens with one attached hydrogen (secondary N) is 3. The Morgan fingerprint density at radius 1 is 1.16 bits per heavy atom. The van der Waals surface area contributed by atoms with Gasteiger partial charge in [-0.2, -0.15) is 15.1 Å². The normalized spacial score (nSPS) is 14.7. The lowest BCUT2D eigenvalue weighted by Crippen LogP contribution is -2.32. The summed E-state index contributed by atoms with van der Waals surface area (Å²) in [5, 5.41) is 17.3. The van der Waals surface area contributed by atoms with Gasteiger partial charge in [-0.1, -0.05) is 23.7 Å². The third kappa shape index (κ3) is 5.89. The van der Waals surface area contributed by atoms with Crippen LogP contribution >= 0.6 is 11.6 Å². The smallest absolute Gasteiger partial charge is 0.240 e. The van der Waals surface area contributed by atoms with E-state index in [2.05, 4.69) is 45.8 Å². The Morgan fingerprint density at radius 2 is 1.97 bits per heavy atom. The highest BCUT2D eigenvalue weighted by molar-refractivity contribution is 6.32. The number of H-pyrrole nitrogens is 1. The van der Waals surface area contributed by atoms with Crippen LogP contribution in [0.25, 0.3) is 0 Å². The lowest BCUT2D eigenvalue weighted by molar-refractivity contribution is 0.180. The van der Waals surface area contributed by atoms with Gasteiger partial charge in [0.2, 0.25) is 11.8 Å². The first kappa shape index (κ1) is 25.1. The van der Waals surface area contributed by atoms with Crippen molar-refractivity contribution in [2.45, 2.75) is 52.5 Å². The largest absolute Gasteiger partial charge is 0.338 e. The molecule has 37 heavy (non-hydrogen) atoms. The molecule has 10 nitrogen and oxygen atoms in total. The van der Waals surface area contributed by atoms with Crippen LogP contribution in [-0.2, 0) is 13.0 Å². The van der Waals surface area contributed by atoms with Crippen molar-refractivity contribution in [3.8, 4) is 0 Å². The molecule has 5 rings (SSSR count). The molecule has 1 fully saturated rings. The average Bonchev–Trinajstić information content (AvgIpc) is 3.52. The van der Waals surface area contributed by atoms with Crippen LogP contribution in [0, 0.1) is 19.7 Å². The van der Waals surface area contributed by atoms with Crippen molar-refractivity contribution in [2.75, 3.05) is 23.7 Å². The Hall–Kier alpha value is -3.57. The SMILES string of the molecule is CCc1noc(CN2CCC(c3cc(F)c(Nc4ncc(Cl)c(Nc5cc(C)[nH]n5)n4)cc3C)CC2)n1. The highest BCUT2D eigenvalue weighted by Crippen LogP contribution is 2.34. The van der Waals surface area contributed by atoms with Gasteiger partial charge in [0.15, 0.2) is 17.5 Å². The zero-order chi connectivity index (χ0) is 25.9. The van der Waals surface area contributed by atoms with Crippen LogP contribution in [0.15, 0.2) is 28.9 Å². The van der Waals surface area contributed by atoms with Crippen LogP contribution in [-0.4, -0.2) is 48.3 Å². The molecular formula is C25H29ClFN9O. The van der Waals surface area contributed by atoms with Crippen molar-refractivity contribution in [3.05, 3.63) is 63.8 Å². The number of aromatic amines is 1. The Kier molecular flexibility index (Phi) is 7.33. The summed E-state index contributed by atoms with van der Waals surface area (Å²) in [6.45, 7) is 8.32. The molecule has 3 aromatic heterocycles. The summed E-state index contributed by atoms with van der Waals surface area (Å²) in [6.07, 6.45) is 4.09. The van der Waals surface area contributed by atoms with Crippen molar-refractivity contribution < 1.29 is 8.91 Å². The zero-order valence-electron chi connectivity index (χ0n) is 21.0. The number of aryl methyl sites for hydroxylation is 3. The quantitative estimate of drug-likeness (QED) is 0.277. The summed E-state index contributed by atoms with van der Waals surface area (Å²) in [7, 11) is 0. The number of hydrogen-bond acceptors (Lipinski definition) is 9. The minimum atomic E-state index is -0.350. The van der Waals surface area contributed by atoms with Gasteiger partial charge in [0.25, 0.3) is 0 Å². The Labute approximate surface area is 219 Å². The summed E-state index contributed by atoms with van der Waals surface area (Å²) in [5.74, 6) is 2.49. The van der Waals surface area contributed by atoms with Crippen LogP contribution in [0.4, 0.5) is 27.7 Å². The Balaban J connectivity index is 1.24. The van der Waals surface area contributed by atoms with Gasteiger partial charge in [-0.05, 0) is 69.0 Å². The minimum Gasteiger partial charge on any atom is -0.338 e. The number of benzene rings is 1. The Morgan fingerprint density at radius 3 is 2.68 bits per heavy atom. The van der Waals surface area contributed by atoms with Crippen molar-refractivity contribution in [1.82, 2.24) is 35.2 Å². The highest BCUT2D eigenvalue weighted by atomic mass is 35.5. The monoisotopic (exact) mass is 525 g/mol. The molecule has 0 spiro atoms. The molecule has 4 aromatic rings. The lowest BCUT2D eigenvalue weighted by atomic mass is 9.86. The third-order valence-corrected chi connectivity index (χ3v) is 6.79. The minimum absolute atomic E-state index is 0.228. The van der Waals surface area contributed by atoms with Crippen LogP contribution in [0.3, 0.4) is 0 Å². The van der Waals surface area contributed by atoms with Crippen LogP contribution in [0.2, 0.25) is 5.02 Å². The number of aromatic nitrogens is 6. The molecule has 1 aliphatic rings. The van der Waals surface area contributed by atoms with E-state index in [-0.39, 0.29) is 17.7 Å². The molecule has 0 bridgehead atoms. The highest BCUT2D eigenvalue weighted by Gasteiger charge is 2.24. The first-order valence-electron chi connectivity index (χ1n) is 12.3. The number of rotatable bonds is 8. The van der Waals surface area contributed by atoms with E-state index < -0.39 is 0 Å². The summed E-state index contributed by atoms with van der Waals surface area (Å²) in [5.41, 5.74) is 3.26. The fourth-order valence-electron chi connectivity index (χ4n) is 4.56. The van der Waals surface area contributed by atoms with Crippen molar-refractivity contribution in [1.29, 1.82) is 0 Å². The maximum absolute atomic E-state index is 15.2. The molecule has 0 radical (unpaired) electrons. The molecule has 4 heterocycles. The number of piperidine rings is 1. The molecule has 194 valence electrons. The molecule has 3 N–H and O–H groups in total. The predicted molar refractivity (Wildman–Crippen MR) is 139 cm³/mol. The molecule has 0 aliphatic carbocycles. The summed E-state index contributed by atoms with van der Waals surface area (Å²) in [4.78, 5) is 15.3. The van der Waals surface area contributed by atoms with Gasteiger partial charge in [0, 0.05) is 18.2 Å². The summed E-state index contributed by atoms with van der Waals surface area (Å²) >= 11 is 6.24. The van der Waals surface area contributed by atoms with E-state index in [1.807, 2.05) is 32.9 Å². The van der Waals surface area contributed by atoms with Gasteiger partial charge in [-0.15, -0.1) is 0 Å². The Bertz CT molecular complexity index is 1380. The van der Waals surface area contributed by atoms with Crippen molar-refractivity contribution in [3.63, 3.8) is 0 Å². The first-order valence-corrected chi connectivity index (χ1v) is 12.7. The fourth-order valence-corrected chi connectivity index (χ4v) is 4.70. The molecule has 0 atom stereocenters. The summed E-state index contributed by atoms with van der Waals surface area (Å²) in [6, 6.07) is 5.26. The first-order chi connectivity index (χ1) is 17.9. The van der Waals surface area contributed by atoms with Crippen molar-refractivity contribution in [2.24, 2.45) is 0 Å². The topological polar surface area (TPSA) is 121 Å². The van der Waals surface area contributed by atoms with E-state index in [9.17, 15) is 0 Å². The summed E-state index contributed by atoms with van der Waals surface area (Å²) < 4.78 is 20.5. The van der Waals surface area contributed by atoms with Gasteiger partial charge in [-0.25, -0.2) is 9.37 Å². The van der Waals surface area contributed by atoms with E-state index in [0.717, 1.165) is 55.0 Å². The molecule has 0 unspecified atom stereocenters. The van der Waals surface area contributed by atoms with E-state index in [1.165, 1.54) is 6.20 Å². The van der Waals surface area contributed by atoms with Gasteiger partial charge in [-0.3, -0.25) is 10.00 Å². The fraction of sp³-hybridized carbons (Fsp3) is 0.400. The number of hydrogen-bond donors (Lipinski definition) is 3. The van der Waals surface area contributed by atoms with E-state index in [1.54, 1.807) is 6.07 Å². The van der Waals surface area contributed by atoms with Crippen LogP contribution < -0.4 is 10.6 Å². The van der Waals surface area contributed by atoms with E-state index in [4.69, 9.17) is 16.1 Å². The lowest BCUT2D eigenvalue weighted by Gasteiger charge is -2.32. The number of likely N-dealkylation sites (tertiary alicyclic amines) is 1. The third-order valence-electron chi connectivity index (χ3n) is 6.51. The number of anilines is 4. The number of halogens is 2. The molecule has 0 saturated carbocycles. The molecule has 12 heteroatoms. The second-order valence-corrected chi connectivity index (χ2v) is 9.68. The van der Waals surface area contributed by atoms with Gasteiger partial charge in [0.05, 0.1) is 18.4 Å². The molecule has 0 amide bonds. The second kappa shape index (κ2) is 10.8. The van der Waals surface area contributed by atoms with Crippen LogP contribution in [0.5, 0.6) is 0 Å². The van der Waals surface area contributed by atoms with E-state index >= 15 is 4.39 Å². The zero-order valence-corrected chi connectivity index (χ0v) is 21.7. The molecule has 1 saturated heterocycles. The predicted octanol–water partition coefficient (Wildman–Crippen LogP) is 5.42. The average molecular weight is 526 g/mol. The van der Waals surface area contributed by atoms with Crippen LogP contribution in [0.1, 0.15) is 54.2 Å². The molecule has 1 aromatic carbocycles. The number of nitrogens with zero attached hydrogens (tertiary/aromatic N) is 6. The van der Waals surface area contributed by atoms with E-state index in [0.29, 0.717) is 34.8 Å². The maximum Gasteiger partial charge on any atom is 0.240 e. The molecular weight excluding hydrogens is 497 g/mol. The standard InChI is InChI=1S/C25H29ClFN9O/c1-4-21-30-23(37-35-21)13-36-7-5-16(6-8-36)17-11-19(27)20(9-14(17)2)29-25-28-12-18(26)24(32-25)31-22-10-15(3)33-34-22/h9-12,16H,4-8,13H2,1-3H3,(H3,28,29,31,32,33,34). The van der Waals surface area contributed by atoms with Gasteiger partial charge >= 0.3 is 0 Å². The maximum atomic E-state index is 15.2. The van der Waals surface area contributed by atoms with Crippen molar-refractivity contribution >= 4 is 34.9 Å². The van der Waals surface area contributed by atoms with Gasteiger partial charge in [0.1, 0.15) is 10.8 Å². The molecule has 1 aliphatic heterocycles. The van der Waals surface area contributed by atoms with Gasteiger partial charge < -0.3 is 15.2 Å².